The van der Waals surface area contributed by atoms with E-state index in [0.717, 1.165) is 18.2 Å². The number of H-pyrrole nitrogens is 2. The first-order chi connectivity index (χ1) is 13.4. The van der Waals surface area contributed by atoms with Crippen molar-refractivity contribution in [1.82, 2.24) is 20.1 Å². The molecule has 2 N–H and O–H groups in total. The van der Waals surface area contributed by atoms with Crippen molar-refractivity contribution < 1.29 is 13.6 Å². The van der Waals surface area contributed by atoms with E-state index in [-0.39, 0.29) is 11.5 Å². The Labute approximate surface area is 161 Å². The monoisotopic (exact) mass is 384 g/mol. The topological polar surface area (TPSA) is 64.8 Å². The number of carbonyl (C=O) groups excluding carboxylic acids is 1. The zero-order valence-corrected chi connectivity index (χ0v) is 15.7. The third-order valence-corrected chi connectivity index (χ3v) is 6.12. The minimum absolute atomic E-state index is 0.0664. The van der Waals surface area contributed by atoms with E-state index in [0.29, 0.717) is 42.0 Å². The van der Waals surface area contributed by atoms with Crippen molar-refractivity contribution in [3.63, 3.8) is 0 Å². The zero-order chi connectivity index (χ0) is 19.5. The van der Waals surface area contributed by atoms with Crippen LogP contribution in [-0.4, -0.2) is 32.5 Å². The Balaban J connectivity index is 1.45. The Kier molecular flexibility index (Phi) is 3.82. The largest absolute Gasteiger partial charge is 0.351 e. The Morgan fingerprint density at radius 3 is 2.86 bits per heavy atom. The molecule has 1 aliphatic heterocycles. The van der Waals surface area contributed by atoms with Crippen molar-refractivity contribution in [3.8, 4) is 0 Å². The number of fused-ring (bicyclic) bond motifs is 2. The van der Waals surface area contributed by atoms with Crippen LogP contribution in [0.3, 0.4) is 0 Å². The predicted octanol–water partition coefficient (Wildman–Crippen LogP) is 4.47. The molecule has 2 aliphatic rings. The molecule has 0 unspecified atom stereocenters. The molecule has 0 radical (unpaired) electrons. The molecule has 5 rings (SSSR count). The highest BCUT2D eigenvalue weighted by molar-refractivity contribution is 5.99. The van der Waals surface area contributed by atoms with Crippen molar-refractivity contribution in [2.24, 2.45) is 0 Å². The fraction of sp³-hybridized carbons (Fsp3) is 0.429. The number of benzene rings is 1. The maximum absolute atomic E-state index is 13.9. The molecule has 1 fully saturated rings. The summed E-state index contributed by atoms with van der Waals surface area (Å²) in [4.78, 5) is 17.9. The van der Waals surface area contributed by atoms with E-state index in [1.807, 2.05) is 0 Å². The molecule has 0 saturated heterocycles. The van der Waals surface area contributed by atoms with Crippen LogP contribution >= 0.6 is 0 Å². The van der Waals surface area contributed by atoms with Crippen molar-refractivity contribution in [2.45, 2.75) is 51.0 Å². The number of hydrogen-bond acceptors (Lipinski definition) is 2. The fourth-order valence-electron chi connectivity index (χ4n) is 4.34. The number of carbonyl (C=O) groups is 1. The van der Waals surface area contributed by atoms with E-state index in [1.165, 1.54) is 31.0 Å². The maximum Gasteiger partial charge on any atom is 0.271 e. The fourth-order valence-corrected chi connectivity index (χ4v) is 4.34. The second kappa shape index (κ2) is 6.15. The molecule has 0 spiro atoms. The lowest BCUT2D eigenvalue weighted by molar-refractivity contribution is 0.0191. The highest BCUT2D eigenvalue weighted by Crippen LogP contribution is 2.39. The number of rotatable bonds is 3. The van der Waals surface area contributed by atoms with Gasteiger partial charge >= 0.3 is 0 Å². The highest BCUT2D eigenvalue weighted by atomic mass is 19.3. The molecule has 1 aromatic carbocycles. The molecule has 3 aromatic rings. The Bertz CT molecular complexity index is 1060. The number of halogens is 2. The van der Waals surface area contributed by atoms with E-state index in [2.05, 4.69) is 15.2 Å². The van der Waals surface area contributed by atoms with Gasteiger partial charge in [0.2, 0.25) is 0 Å². The molecule has 2 aromatic heterocycles. The molecule has 1 amide bonds. The smallest absolute Gasteiger partial charge is 0.271 e. The number of nitrogens with zero attached hydrogens (tertiary/aromatic N) is 2. The van der Waals surface area contributed by atoms with Gasteiger partial charge in [-0.1, -0.05) is 18.6 Å². The van der Waals surface area contributed by atoms with Crippen LogP contribution in [-0.2, 0) is 18.9 Å². The van der Waals surface area contributed by atoms with Gasteiger partial charge in [0.15, 0.2) is 0 Å². The van der Waals surface area contributed by atoms with E-state index in [1.54, 1.807) is 23.1 Å². The number of hydrogen-bond donors (Lipinski definition) is 2. The molecule has 0 bridgehead atoms. The SMILES string of the molecule is CC(F)(F)c1cccc2[nH]c(C(=O)N3CCc4n[nH]c(C5CCC5)c4C3)cc12. The lowest BCUT2D eigenvalue weighted by Gasteiger charge is -2.30. The normalized spacial score (nSPS) is 17.6. The summed E-state index contributed by atoms with van der Waals surface area (Å²) in [5.41, 5.74) is 4.20. The number of amides is 1. The minimum Gasteiger partial charge on any atom is -0.351 e. The van der Waals surface area contributed by atoms with Gasteiger partial charge in [0.25, 0.3) is 11.8 Å². The van der Waals surface area contributed by atoms with Crippen LogP contribution in [0.5, 0.6) is 0 Å². The summed E-state index contributed by atoms with van der Waals surface area (Å²) in [6, 6.07) is 6.28. The summed E-state index contributed by atoms with van der Waals surface area (Å²) in [5, 5.41) is 8.03. The average molecular weight is 384 g/mol. The van der Waals surface area contributed by atoms with Crippen LogP contribution < -0.4 is 0 Å². The van der Waals surface area contributed by atoms with Crippen LogP contribution in [0.4, 0.5) is 8.78 Å². The molecule has 5 nitrogen and oxygen atoms in total. The first-order valence-electron chi connectivity index (χ1n) is 9.77. The van der Waals surface area contributed by atoms with Gasteiger partial charge in [0.05, 0.1) is 5.69 Å². The summed E-state index contributed by atoms with van der Waals surface area (Å²) in [7, 11) is 0. The summed E-state index contributed by atoms with van der Waals surface area (Å²) in [5.74, 6) is -2.60. The molecule has 7 heteroatoms. The van der Waals surface area contributed by atoms with Crippen LogP contribution in [0.1, 0.15) is 65.1 Å². The molecule has 3 heterocycles. The van der Waals surface area contributed by atoms with Crippen LogP contribution in [0.25, 0.3) is 10.9 Å². The van der Waals surface area contributed by atoms with E-state index < -0.39 is 5.92 Å². The van der Waals surface area contributed by atoms with Crippen molar-refractivity contribution in [2.75, 3.05) is 6.54 Å². The predicted molar refractivity (Wildman–Crippen MR) is 101 cm³/mol. The first-order valence-corrected chi connectivity index (χ1v) is 9.77. The highest BCUT2D eigenvalue weighted by Gasteiger charge is 2.32. The molecular formula is C21H22F2N4O. The lowest BCUT2D eigenvalue weighted by Crippen LogP contribution is -2.36. The summed E-state index contributed by atoms with van der Waals surface area (Å²) < 4.78 is 27.8. The van der Waals surface area contributed by atoms with Gasteiger partial charge in [-0.05, 0) is 25.0 Å². The van der Waals surface area contributed by atoms with Gasteiger partial charge in [-0.3, -0.25) is 9.89 Å². The van der Waals surface area contributed by atoms with E-state index in [9.17, 15) is 13.6 Å². The van der Waals surface area contributed by atoms with Gasteiger partial charge in [0, 0.05) is 60.1 Å². The first kappa shape index (κ1) is 17.4. The Morgan fingerprint density at radius 2 is 2.14 bits per heavy atom. The van der Waals surface area contributed by atoms with Crippen molar-refractivity contribution in [1.29, 1.82) is 0 Å². The van der Waals surface area contributed by atoms with Crippen LogP contribution in [0.15, 0.2) is 24.3 Å². The maximum atomic E-state index is 13.9. The summed E-state index contributed by atoms with van der Waals surface area (Å²) in [6.07, 6.45) is 4.28. The Hall–Kier alpha value is -2.70. The van der Waals surface area contributed by atoms with Gasteiger partial charge in [-0.25, -0.2) is 8.78 Å². The second-order valence-electron chi connectivity index (χ2n) is 8.01. The molecule has 28 heavy (non-hydrogen) atoms. The molecule has 1 saturated carbocycles. The van der Waals surface area contributed by atoms with Crippen molar-refractivity contribution in [3.05, 3.63) is 52.5 Å². The minimum atomic E-state index is -2.96. The van der Waals surface area contributed by atoms with Gasteiger partial charge in [0.1, 0.15) is 5.69 Å². The van der Waals surface area contributed by atoms with Gasteiger partial charge in [-0.2, -0.15) is 5.10 Å². The molecule has 146 valence electrons. The number of alkyl halides is 2. The summed E-state index contributed by atoms with van der Waals surface area (Å²) in [6.45, 7) is 1.97. The number of aromatic amines is 2. The average Bonchev–Trinajstić information content (AvgIpc) is 3.22. The summed E-state index contributed by atoms with van der Waals surface area (Å²) >= 11 is 0. The quantitative estimate of drug-likeness (QED) is 0.700. The van der Waals surface area contributed by atoms with Crippen LogP contribution in [0, 0.1) is 0 Å². The standard InChI is InChI=1S/C21H22F2N4O/c1-21(22,23)15-6-3-7-16-13(15)10-18(24-16)20(28)27-9-8-17-14(11-27)19(26-25-17)12-4-2-5-12/h3,6-7,10,12,24H,2,4-5,8-9,11H2,1H3,(H,25,26). The van der Waals surface area contributed by atoms with E-state index >= 15 is 0 Å². The lowest BCUT2D eigenvalue weighted by atomic mass is 9.81. The Morgan fingerprint density at radius 1 is 1.32 bits per heavy atom. The molecule has 1 aliphatic carbocycles. The molecular weight excluding hydrogens is 362 g/mol. The van der Waals surface area contributed by atoms with Crippen LogP contribution in [0.2, 0.25) is 0 Å². The second-order valence-corrected chi connectivity index (χ2v) is 8.01. The third kappa shape index (κ3) is 2.72. The van der Waals surface area contributed by atoms with Gasteiger partial charge < -0.3 is 9.88 Å². The zero-order valence-electron chi connectivity index (χ0n) is 15.7. The third-order valence-electron chi connectivity index (χ3n) is 6.12. The number of aromatic nitrogens is 3. The number of nitrogens with one attached hydrogen (secondary N) is 2. The van der Waals surface area contributed by atoms with Gasteiger partial charge in [-0.15, -0.1) is 0 Å². The van der Waals surface area contributed by atoms with Crippen molar-refractivity contribution >= 4 is 16.8 Å². The molecule has 0 atom stereocenters. The van der Waals surface area contributed by atoms with E-state index in [4.69, 9.17) is 0 Å².